The van der Waals surface area contributed by atoms with Gasteiger partial charge in [-0.05, 0) is 12.1 Å². The number of fused-ring (bicyclic) bond motifs is 2. The van der Waals surface area contributed by atoms with Gasteiger partial charge >= 0.3 is 0 Å². The summed E-state index contributed by atoms with van der Waals surface area (Å²) in [5, 5.41) is 14.0. The van der Waals surface area contributed by atoms with Crippen LogP contribution in [-0.2, 0) is 7.05 Å². The van der Waals surface area contributed by atoms with Gasteiger partial charge in [-0.3, -0.25) is 9.48 Å². The number of anilines is 1. The summed E-state index contributed by atoms with van der Waals surface area (Å²) in [7, 11) is 1.89. The molecule has 1 aromatic carbocycles. The predicted octanol–water partition coefficient (Wildman–Crippen LogP) is 1.11. The molecule has 0 atom stereocenters. The van der Waals surface area contributed by atoms with Crippen molar-refractivity contribution in [2.45, 2.75) is 0 Å². The van der Waals surface area contributed by atoms with Crippen molar-refractivity contribution in [3.05, 3.63) is 40.8 Å². The third kappa shape index (κ3) is 2.56. The second kappa shape index (κ2) is 5.89. The largest absolute Gasteiger partial charge is 0.344 e. The van der Waals surface area contributed by atoms with Gasteiger partial charge in [-0.2, -0.15) is 9.61 Å². The number of nitrogens with one attached hydrogen (secondary N) is 1. The lowest BCUT2D eigenvalue weighted by Crippen LogP contribution is -2.43. The van der Waals surface area contributed by atoms with Gasteiger partial charge in [-0.1, -0.05) is 17.4 Å². The molecule has 4 aromatic rings. The van der Waals surface area contributed by atoms with E-state index in [9.17, 15) is 4.79 Å². The van der Waals surface area contributed by atoms with Crippen LogP contribution < -0.4 is 15.8 Å². The van der Waals surface area contributed by atoms with E-state index in [-0.39, 0.29) is 5.56 Å². The Kier molecular flexibility index (Phi) is 3.50. The highest BCUT2D eigenvalue weighted by Crippen LogP contribution is 2.25. The van der Waals surface area contributed by atoms with Crippen LogP contribution >= 0.6 is 11.3 Å². The van der Waals surface area contributed by atoms with Crippen molar-refractivity contribution in [3.63, 3.8) is 0 Å². The van der Waals surface area contributed by atoms with Crippen molar-refractivity contribution in [2.75, 3.05) is 31.1 Å². The van der Waals surface area contributed by atoms with Crippen molar-refractivity contribution in [1.82, 2.24) is 29.7 Å². The second-order valence-corrected chi connectivity index (χ2v) is 7.31. The Morgan fingerprint density at radius 3 is 2.85 bits per heavy atom. The third-order valence-corrected chi connectivity index (χ3v) is 5.51. The molecule has 0 bridgehead atoms. The first-order valence-corrected chi connectivity index (χ1v) is 9.29. The molecule has 1 aliphatic heterocycles. The van der Waals surface area contributed by atoms with Crippen LogP contribution in [0, 0.1) is 0 Å². The van der Waals surface area contributed by atoms with Crippen molar-refractivity contribution in [1.29, 1.82) is 0 Å². The van der Waals surface area contributed by atoms with Gasteiger partial charge in [0.2, 0.25) is 10.1 Å². The number of nitrogens with zero attached hydrogens (tertiary/aromatic N) is 6. The van der Waals surface area contributed by atoms with Crippen LogP contribution in [0.25, 0.3) is 27.1 Å². The van der Waals surface area contributed by atoms with E-state index in [4.69, 9.17) is 0 Å². The predicted molar refractivity (Wildman–Crippen MR) is 102 cm³/mol. The lowest BCUT2D eigenvalue weighted by atomic mass is 10.1. The Balaban J connectivity index is 1.60. The van der Waals surface area contributed by atoms with E-state index >= 15 is 0 Å². The Hall–Kier alpha value is -2.78. The first kappa shape index (κ1) is 15.5. The van der Waals surface area contributed by atoms with Crippen LogP contribution in [0.3, 0.4) is 0 Å². The standard InChI is InChI=1S/C17H17N7OS/c1-22-10-12-8-11(2-3-13(12)20-22)14-9-15(25)24-16(19-14)26-17(21-24)23-6-4-18-5-7-23/h2-3,8-10,18H,4-7H2,1H3. The SMILES string of the molecule is Cn1cc2cc(-c3cc(=O)n4nc(N5CCNCC5)sc4n3)ccc2n1. The lowest BCUT2D eigenvalue weighted by Gasteiger charge is -2.26. The topological polar surface area (TPSA) is 80.4 Å². The molecule has 8 nitrogen and oxygen atoms in total. The summed E-state index contributed by atoms with van der Waals surface area (Å²) in [6, 6.07) is 7.46. The first-order chi connectivity index (χ1) is 12.7. The van der Waals surface area contributed by atoms with Crippen LogP contribution in [0.15, 0.2) is 35.3 Å². The summed E-state index contributed by atoms with van der Waals surface area (Å²) >= 11 is 1.46. The number of rotatable bonds is 2. The molecular weight excluding hydrogens is 350 g/mol. The average molecular weight is 367 g/mol. The summed E-state index contributed by atoms with van der Waals surface area (Å²) < 4.78 is 3.18. The summed E-state index contributed by atoms with van der Waals surface area (Å²) in [4.78, 5) is 20.1. The monoisotopic (exact) mass is 367 g/mol. The van der Waals surface area contributed by atoms with Crippen LogP contribution in [0.2, 0.25) is 0 Å². The van der Waals surface area contributed by atoms with Crippen LogP contribution in [-0.4, -0.2) is 50.6 Å². The first-order valence-electron chi connectivity index (χ1n) is 8.48. The van der Waals surface area contributed by atoms with E-state index < -0.39 is 0 Å². The van der Waals surface area contributed by atoms with E-state index in [0.717, 1.165) is 47.8 Å². The molecule has 1 saturated heterocycles. The van der Waals surface area contributed by atoms with E-state index in [0.29, 0.717) is 10.7 Å². The highest BCUT2D eigenvalue weighted by atomic mass is 32.1. The van der Waals surface area contributed by atoms with Gasteiger partial charge in [-0.15, -0.1) is 5.10 Å². The Labute approximate surface area is 152 Å². The summed E-state index contributed by atoms with van der Waals surface area (Å²) in [5.41, 5.74) is 2.33. The fraction of sp³-hybridized carbons (Fsp3) is 0.294. The number of aromatic nitrogens is 5. The van der Waals surface area contributed by atoms with Gasteiger partial charge in [0.1, 0.15) is 0 Å². The molecule has 26 heavy (non-hydrogen) atoms. The highest BCUT2D eigenvalue weighted by Gasteiger charge is 2.17. The number of hydrogen-bond acceptors (Lipinski definition) is 7. The molecule has 0 amide bonds. The zero-order valence-electron chi connectivity index (χ0n) is 14.2. The molecule has 4 heterocycles. The number of benzene rings is 1. The zero-order chi connectivity index (χ0) is 17.7. The maximum Gasteiger partial charge on any atom is 0.275 e. The van der Waals surface area contributed by atoms with Crippen LogP contribution in [0.4, 0.5) is 5.13 Å². The smallest absolute Gasteiger partial charge is 0.275 e. The molecule has 1 fully saturated rings. The lowest BCUT2D eigenvalue weighted by molar-refractivity contribution is 0.585. The molecule has 132 valence electrons. The quantitative estimate of drug-likeness (QED) is 0.572. The Morgan fingerprint density at radius 1 is 1.15 bits per heavy atom. The number of piperazine rings is 1. The molecule has 0 aliphatic carbocycles. The number of hydrogen-bond donors (Lipinski definition) is 1. The molecule has 0 spiro atoms. The van der Waals surface area contributed by atoms with Gasteiger partial charge in [0, 0.05) is 56.4 Å². The second-order valence-electron chi connectivity index (χ2n) is 6.37. The molecule has 0 unspecified atom stereocenters. The summed E-state index contributed by atoms with van der Waals surface area (Å²) in [6.45, 7) is 3.63. The van der Waals surface area contributed by atoms with E-state index in [1.165, 1.54) is 15.9 Å². The molecule has 5 rings (SSSR count). The fourth-order valence-corrected chi connectivity index (χ4v) is 4.20. The molecule has 1 aliphatic rings. The third-order valence-electron chi connectivity index (χ3n) is 4.54. The minimum atomic E-state index is -0.158. The molecular formula is C17H17N7OS. The van der Waals surface area contributed by atoms with Crippen LogP contribution in [0.5, 0.6) is 0 Å². The van der Waals surface area contributed by atoms with E-state index in [2.05, 4.69) is 25.4 Å². The molecule has 1 N–H and O–H groups in total. The minimum absolute atomic E-state index is 0.158. The zero-order valence-corrected chi connectivity index (χ0v) is 15.0. The normalized spacial score (nSPS) is 15.2. The Bertz CT molecular complexity index is 1170. The highest BCUT2D eigenvalue weighted by molar-refractivity contribution is 7.20. The molecule has 0 radical (unpaired) electrons. The van der Waals surface area contributed by atoms with Crippen molar-refractivity contribution in [3.8, 4) is 11.3 Å². The molecule has 3 aromatic heterocycles. The van der Waals surface area contributed by atoms with Gasteiger partial charge in [0.25, 0.3) is 5.56 Å². The van der Waals surface area contributed by atoms with Crippen molar-refractivity contribution in [2.24, 2.45) is 7.05 Å². The fourth-order valence-electron chi connectivity index (χ4n) is 3.24. The molecule has 0 saturated carbocycles. The maximum atomic E-state index is 12.6. The van der Waals surface area contributed by atoms with Crippen LogP contribution in [0.1, 0.15) is 0 Å². The van der Waals surface area contributed by atoms with Crippen molar-refractivity contribution >= 4 is 32.3 Å². The van der Waals surface area contributed by atoms with E-state index in [1.54, 1.807) is 10.7 Å². The summed E-state index contributed by atoms with van der Waals surface area (Å²) in [6.07, 6.45) is 1.96. The minimum Gasteiger partial charge on any atom is -0.344 e. The Morgan fingerprint density at radius 2 is 2.00 bits per heavy atom. The maximum absolute atomic E-state index is 12.6. The van der Waals surface area contributed by atoms with Gasteiger partial charge in [0.05, 0.1) is 11.2 Å². The van der Waals surface area contributed by atoms with Gasteiger partial charge < -0.3 is 10.2 Å². The van der Waals surface area contributed by atoms with Gasteiger partial charge in [0.15, 0.2) is 0 Å². The molecule has 9 heteroatoms. The average Bonchev–Trinajstić information content (AvgIpc) is 3.24. The van der Waals surface area contributed by atoms with Crippen molar-refractivity contribution < 1.29 is 0 Å². The van der Waals surface area contributed by atoms with E-state index in [1.807, 2.05) is 31.4 Å². The van der Waals surface area contributed by atoms with Gasteiger partial charge in [-0.25, -0.2) is 4.98 Å². The summed E-state index contributed by atoms with van der Waals surface area (Å²) in [5.74, 6) is 0. The number of aryl methyl sites for hydroxylation is 1.